The Labute approximate surface area is 149 Å². The van der Waals surface area contributed by atoms with Crippen LogP contribution >= 0.6 is 0 Å². The largest absolute Gasteiger partial charge is 0.457 e. The predicted molar refractivity (Wildman–Crippen MR) is 98.9 cm³/mol. The molecule has 0 aromatic carbocycles. The summed E-state index contributed by atoms with van der Waals surface area (Å²) in [7, 11) is 0. The van der Waals surface area contributed by atoms with E-state index < -0.39 is 6.10 Å². The second-order valence-corrected chi connectivity index (χ2v) is 7.06. The monoisotopic (exact) mass is 344 g/mol. The highest BCUT2D eigenvalue weighted by Gasteiger charge is 2.11. The van der Waals surface area contributed by atoms with Crippen molar-refractivity contribution in [2.75, 3.05) is 13.2 Å². The molecule has 0 aromatic rings. The Morgan fingerprint density at radius 1 is 0.833 bits per heavy atom. The Kier molecular flexibility index (Phi) is 16.8. The SMILES string of the molecule is CCC(C)CCCCCCCCCCCCC(=O)OC(CO)CO. The van der Waals surface area contributed by atoms with E-state index in [1.54, 1.807) is 0 Å². The molecule has 0 aliphatic carbocycles. The highest BCUT2D eigenvalue weighted by Crippen LogP contribution is 2.15. The zero-order chi connectivity index (χ0) is 18.0. The van der Waals surface area contributed by atoms with Gasteiger partial charge in [0.2, 0.25) is 0 Å². The highest BCUT2D eigenvalue weighted by molar-refractivity contribution is 5.69. The van der Waals surface area contributed by atoms with Gasteiger partial charge in [0.05, 0.1) is 13.2 Å². The third-order valence-electron chi connectivity index (χ3n) is 4.73. The van der Waals surface area contributed by atoms with Gasteiger partial charge in [-0.2, -0.15) is 0 Å². The summed E-state index contributed by atoms with van der Waals surface area (Å²) in [6.07, 6.45) is 14.7. The fourth-order valence-corrected chi connectivity index (χ4v) is 2.76. The van der Waals surface area contributed by atoms with Crippen LogP contribution in [0.2, 0.25) is 0 Å². The van der Waals surface area contributed by atoms with Gasteiger partial charge in [0, 0.05) is 6.42 Å². The first-order valence-electron chi connectivity index (χ1n) is 10.0. The van der Waals surface area contributed by atoms with E-state index in [0.29, 0.717) is 6.42 Å². The third kappa shape index (κ3) is 14.9. The molecule has 0 amide bonds. The molecule has 0 rings (SSSR count). The van der Waals surface area contributed by atoms with E-state index >= 15 is 0 Å². The minimum Gasteiger partial charge on any atom is -0.457 e. The first-order valence-corrected chi connectivity index (χ1v) is 10.0. The van der Waals surface area contributed by atoms with Crippen molar-refractivity contribution in [3.05, 3.63) is 0 Å². The lowest BCUT2D eigenvalue weighted by atomic mass is 9.99. The number of aliphatic hydroxyl groups is 2. The van der Waals surface area contributed by atoms with Crippen LogP contribution in [0, 0.1) is 5.92 Å². The molecule has 0 saturated heterocycles. The molecule has 2 N–H and O–H groups in total. The van der Waals surface area contributed by atoms with Gasteiger partial charge in [0.1, 0.15) is 6.10 Å². The van der Waals surface area contributed by atoms with Crippen molar-refractivity contribution in [2.45, 2.75) is 103 Å². The molecule has 4 nitrogen and oxygen atoms in total. The maximum Gasteiger partial charge on any atom is 0.306 e. The van der Waals surface area contributed by atoms with Crippen molar-refractivity contribution in [3.63, 3.8) is 0 Å². The molecule has 0 spiro atoms. The fourth-order valence-electron chi connectivity index (χ4n) is 2.76. The van der Waals surface area contributed by atoms with E-state index in [2.05, 4.69) is 13.8 Å². The van der Waals surface area contributed by atoms with Crippen LogP contribution in [0.15, 0.2) is 0 Å². The van der Waals surface area contributed by atoms with Crippen molar-refractivity contribution in [3.8, 4) is 0 Å². The first-order chi connectivity index (χ1) is 11.6. The van der Waals surface area contributed by atoms with E-state index in [9.17, 15) is 4.79 Å². The quantitative estimate of drug-likeness (QED) is 0.299. The van der Waals surface area contributed by atoms with Crippen molar-refractivity contribution < 1.29 is 19.7 Å². The summed E-state index contributed by atoms with van der Waals surface area (Å²) in [6.45, 7) is 3.98. The number of aliphatic hydroxyl groups excluding tert-OH is 2. The van der Waals surface area contributed by atoms with Crippen molar-refractivity contribution >= 4 is 5.97 Å². The maximum absolute atomic E-state index is 11.4. The Bertz CT molecular complexity index is 277. The summed E-state index contributed by atoms with van der Waals surface area (Å²) < 4.78 is 4.92. The lowest BCUT2D eigenvalue weighted by Gasteiger charge is -2.12. The fraction of sp³-hybridized carbons (Fsp3) is 0.950. The lowest BCUT2D eigenvalue weighted by molar-refractivity contribution is -0.153. The average Bonchev–Trinajstić information content (AvgIpc) is 2.60. The first kappa shape index (κ1) is 23.4. The van der Waals surface area contributed by atoms with Crippen LogP contribution in [0.3, 0.4) is 0 Å². The molecular formula is C20H40O4. The van der Waals surface area contributed by atoms with E-state index in [1.807, 2.05) is 0 Å². The summed E-state index contributed by atoms with van der Waals surface area (Å²) in [4.78, 5) is 11.4. The van der Waals surface area contributed by atoms with Gasteiger partial charge in [-0.25, -0.2) is 0 Å². The molecule has 0 aliphatic rings. The number of unbranched alkanes of at least 4 members (excludes halogenated alkanes) is 9. The molecule has 1 atom stereocenters. The second-order valence-electron chi connectivity index (χ2n) is 7.06. The summed E-state index contributed by atoms with van der Waals surface area (Å²) in [6, 6.07) is 0. The number of hydrogen-bond acceptors (Lipinski definition) is 4. The van der Waals surface area contributed by atoms with Crippen LogP contribution in [0.25, 0.3) is 0 Å². The molecule has 0 saturated carbocycles. The number of carbonyl (C=O) groups excluding carboxylic acids is 1. The minimum absolute atomic E-state index is 0.319. The van der Waals surface area contributed by atoms with Crippen LogP contribution in [0.4, 0.5) is 0 Å². The standard InChI is InChI=1S/C20H40O4/c1-3-18(2)14-12-10-8-6-4-5-7-9-11-13-15-20(23)24-19(16-21)17-22/h18-19,21-22H,3-17H2,1-2H3. The number of rotatable bonds is 17. The van der Waals surface area contributed by atoms with Crippen LogP contribution in [-0.2, 0) is 9.53 Å². The molecule has 4 heteroatoms. The number of hydrogen-bond donors (Lipinski definition) is 2. The smallest absolute Gasteiger partial charge is 0.306 e. The van der Waals surface area contributed by atoms with Gasteiger partial charge in [-0.1, -0.05) is 84.5 Å². The molecule has 0 fully saturated rings. The number of carbonyl (C=O) groups is 1. The molecule has 0 bridgehead atoms. The average molecular weight is 345 g/mol. The molecule has 0 radical (unpaired) electrons. The van der Waals surface area contributed by atoms with Crippen LogP contribution in [-0.4, -0.2) is 35.5 Å². The zero-order valence-electron chi connectivity index (χ0n) is 16.0. The van der Waals surface area contributed by atoms with Gasteiger partial charge in [-0.3, -0.25) is 4.79 Å². The molecule has 0 aliphatic heterocycles. The summed E-state index contributed by atoms with van der Waals surface area (Å²) in [5, 5.41) is 17.7. The van der Waals surface area contributed by atoms with Gasteiger partial charge >= 0.3 is 5.97 Å². The van der Waals surface area contributed by atoms with Crippen molar-refractivity contribution in [1.29, 1.82) is 0 Å². The maximum atomic E-state index is 11.4. The van der Waals surface area contributed by atoms with E-state index in [-0.39, 0.29) is 19.2 Å². The number of esters is 1. The van der Waals surface area contributed by atoms with Gasteiger partial charge in [-0.15, -0.1) is 0 Å². The second kappa shape index (κ2) is 17.2. The minimum atomic E-state index is -0.761. The molecule has 0 aromatic heterocycles. The summed E-state index contributed by atoms with van der Waals surface area (Å²) in [5.74, 6) is 0.570. The lowest BCUT2D eigenvalue weighted by Crippen LogP contribution is -2.25. The third-order valence-corrected chi connectivity index (χ3v) is 4.73. The van der Waals surface area contributed by atoms with Gasteiger partial charge < -0.3 is 14.9 Å². The molecule has 144 valence electrons. The van der Waals surface area contributed by atoms with Crippen molar-refractivity contribution in [1.82, 2.24) is 0 Å². The Morgan fingerprint density at radius 3 is 1.75 bits per heavy atom. The van der Waals surface area contributed by atoms with Crippen LogP contribution in [0.5, 0.6) is 0 Å². The molecule has 0 heterocycles. The topological polar surface area (TPSA) is 66.8 Å². The van der Waals surface area contributed by atoms with E-state index in [0.717, 1.165) is 18.8 Å². The van der Waals surface area contributed by atoms with Crippen LogP contribution in [0.1, 0.15) is 97.3 Å². The Hall–Kier alpha value is -0.610. The molecule has 24 heavy (non-hydrogen) atoms. The summed E-state index contributed by atoms with van der Waals surface area (Å²) in [5.41, 5.74) is 0. The predicted octanol–water partition coefficient (Wildman–Crippen LogP) is 4.61. The van der Waals surface area contributed by atoms with Crippen molar-refractivity contribution in [2.24, 2.45) is 5.92 Å². The highest BCUT2D eigenvalue weighted by atomic mass is 16.6. The van der Waals surface area contributed by atoms with E-state index in [1.165, 1.54) is 64.2 Å². The van der Waals surface area contributed by atoms with Gasteiger partial charge in [0.15, 0.2) is 0 Å². The Balaban J connectivity index is 3.24. The van der Waals surface area contributed by atoms with Gasteiger partial charge in [-0.05, 0) is 12.3 Å². The Morgan fingerprint density at radius 2 is 1.29 bits per heavy atom. The summed E-state index contributed by atoms with van der Waals surface area (Å²) >= 11 is 0. The molecular weight excluding hydrogens is 304 g/mol. The zero-order valence-corrected chi connectivity index (χ0v) is 16.0. The van der Waals surface area contributed by atoms with Gasteiger partial charge in [0.25, 0.3) is 0 Å². The number of ether oxygens (including phenoxy) is 1. The van der Waals surface area contributed by atoms with E-state index in [4.69, 9.17) is 14.9 Å². The normalized spacial score (nSPS) is 12.5. The van der Waals surface area contributed by atoms with Crippen LogP contribution < -0.4 is 0 Å². The molecule has 1 unspecified atom stereocenters.